The van der Waals surface area contributed by atoms with E-state index in [9.17, 15) is 4.39 Å². The van der Waals surface area contributed by atoms with E-state index in [0.29, 0.717) is 5.88 Å². The lowest BCUT2D eigenvalue weighted by molar-refractivity contribution is 0.618. The molecule has 1 nitrogen and oxygen atoms in total. The van der Waals surface area contributed by atoms with Gasteiger partial charge in [-0.15, -0.1) is 11.6 Å². The van der Waals surface area contributed by atoms with E-state index in [4.69, 9.17) is 11.6 Å². The van der Waals surface area contributed by atoms with Crippen molar-refractivity contribution in [3.8, 4) is 0 Å². The van der Waals surface area contributed by atoms with E-state index >= 15 is 0 Å². The minimum atomic E-state index is -0.223. The van der Waals surface area contributed by atoms with Crippen LogP contribution < -0.4 is 0 Å². The Hall–Kier alpha value is -1.28. The fourth-order valence-electron chi connectivity index (χ4n) is 1.58. The highest BCUT2D eigenvalue weighted by Gasteiger charge is 2.10. The maximum absolute atomic E-state index is 12.8. The van der Waals surface area contributed by atoms with E-state index in [-0.39, 0.29) is 11.9 Å². The van der Waals surface area contributed by atoms with Gasteiger partial charge in [-0.3, -0.25) is 0 Å². The van der Waals surface area contributed by atoms with Crippen LogP contribution >= 0.6 is 11.6 Å². The van der Waals surface area contributed by atoms with Gasteiger partial charge in [0.05, 0.1) is 6.04 Å². The van der Waals surface area contributed by atoms with E-state index in [1.54, 1.807) is 12.1 Å². The molecule has 1 atom stereocenters. The average Bonchev–Trinajstić information content (AvgIpc) is 2.75. The maximum Gasteiger partial charge on any atom is 0.123 e. The summed E-state index contributed by atoms with van der Waals surface area (Å²) in [5.74, 6) is 0.250. The van der Waals surface area contributed by atoms with Crippen molar-refractivity contribution in [3.63, 3.8) is 0 Å². The Morgan fingerprint density at radius 2 is 1.73 bits per heavy atom. The standard InChI is InChI=1S/C12H11ClFN/c13-9-12(15-7-1-2-8-15)10-3-5-11(14)6-4-10/h1-8,12H,9H2/t12-/m0/s1. The number of nitrogens with zero attached hydrogens (tertiary/aromatic N) is 1. The van der Waals surface area contributed by atoms with Crippen molar-refractivity contribution in [1.82, 2.24) is 4.57 Å². The van der Waals surface area contributed by atoms with Gasteiger partial charge in [0, 0.05) is 18.3 Å². The largest absolute Gasteiger partial charge is 0.346 e. The van der Waals surface area contributed by atoms with E-state index in [2.05, 4.69) is 0 Å². The minimum Gasteiger partial charge on any atom is -0.346 e. The lowest BCUT2D eigenvalue weighted by atomic mass is 10.1. The highest BCUT2D eigenvalue weighted by Crippen LogP contribution is 2.20. The first-order chi connectivity index (χ1) is 7.31. The Morgan fingerprint density at radius 1 is 1.13 bits per heavy atom. The third-order valence-electron chi connectivity index (χ3n) is 2.39. The van der Waals surface area contributed by atoms with Crippen molar-refractivity contribution in [2.75, 3.05) is 5.88 Å². The van der Waals surface area contributed by atoms with E-state index < -0.39 is 0 Å². The predicted molar refractivity (Wildman–Crippen MR) is 59.7 cm³/mol. The van der Waals surface area contributed by atoms with Gasteiger partial charge >= 0.3 is 0 Å². The fraction of sp³-hybridized carbons (Fsp3) is 0.167. The molecule has 1 aromatic carbocycles. The zero-order chi connectivity index (χ0) is 10.7. The zero-order valence-electron chi connectivity index (χ0n) is 8.11. The van der Waals surface area contributed by atoms with Crippen LogP contribution in [0.25, 0.3) is 0 Å². The number of hydrogen-bond acceptors (Lipinski definition) is 0. The highest BCUT2D eigenvalue weighted by atomic mass is 35.5. The van der Waals surface area contributed by atoms with Crippen LogP contribution in [0.4, 0.5) is 4.39 Å². The van der Waals surface area contributed by atoms with Gasteiger partial charge in [0.15, 0.2) is 0 Å². The average molecular weight is 224 g/mol. The first kappa shape index (κ1) is 10.2. The SMILES string of the molecule is Fc1ccc([C@H](CCl)n2cccc2)cc1. The number of benzene rings is 1. The third kappa shape index (κ3) is 2.21. The Morgan fingerprint density at radius 3 is 2.27 bits per heavy atom. The summed E-state index contributed by atoms with van der Waals surface area (Å²) in [6, 6.07) is 10.4. The minimum absolute atomic E-state index is 0.0715. The molecule has 0 N–H and O–H groups in total. The van der Waals surface area contributed by atoms with Crippen LogP contribution in [0.3, 0.4) is 0 Å². The molecule has 3 heteroatoms. The molecule has 0 saturated heterocycles. The molecule has 1 aromatic heterocycles. The van der Waals surface area contributed by atoms with Crippen molar-refractivity contribution < 1.29 is 4.39 Å². The summed E-state index contributed by atoms with van der Waals surface area (Å²) in [7, 11) is 0. The lowest BCUT2D eigenvalue weighted by Gasteiger charge is -2.16. The molecule has 0 amide bonds. The Balaban J connectivity index is 2.31. The van der Waals surface area contributed by atoms with Gasteiger partial charge in [-0.2, -0.15) is 0 Å². The van der Waals surface area contributed by atoms with Crippen molar-refractivity contribution >= 4 is 11.6 Å². The molecule has 0 aliphatic carbocycles. The summed E-state index contributed by atoms with van der Waals surface area (Å²) < 4.78 is 14.8. The van der Waals surface area contributed by atoms with Gasteiger partial charge in [0.2, 0.25) is 0 Å². The van der Waals surface area contributed by atoms with Crippen LogP contribution in [0.2, 0.25) is 0 Å². The second kappa shape index (κ2) is 4.49. The van der Waals surface area contributed by atoms with Crippen LogP contribution in [0, 0.1) is 5.82 Å². The lowest BCUT2D eigenvalue weighted by Crippen LogP contribution is -2.10. The molecule has 0 spiro atoms. The summed E-state index contributed by atoms with van der Waals surface area (Å²) in [4.78, 5) is 0. The van der Waals surface area contributed by atoms with Gasteiger partial charge in [-0.25, -0.2) is 4.39 Å². The number of rotatable bonds is 3. The molecule has 0 aliphatic heterocycles. The Bertz CT molecular complexity index is 408. The third-order valence-corrected chi connectivity index (χ3v) is 2.68. The quantitative estimate of drug-likeness (QED) is 0.703. The number of aromatic nitrogens is 1. The molecule has 0 radical (unpaired) electrons. The molecule has 2 rings (SSSR count). The smallest absolute Gasteiger partial charge is 0.123 e. The van der Waals surface area contributed by atoms with Crippen molar-refractivity contribution in [2.24, 2.45) is 0 Å². The topological polar surface area (TPSA) is 4.93 Å². The van der Waals surface area contributed by atoms with Crippen LogP contribution in [0.1, 0.15) is 11.6 Å². The molecule has 15 heavy (non-hydrogen) atoms. The molecule has 0 unspecified atom stereocenters. The monoisotopic (exact) mass is 223 g/mol. The summed E-state index contributed by atoms with van der Waals surface area (Å²) in [5.41, 5.74) is 1.02. The van der Waals surface area contributed by atoms with Gasteiger partial charge in [0.1, 0.15) is 5.82 Å². The number of halogens is 2. The van der Waals surface area contributed by atoms with Gasteiger partial charge in [-0.05, 0) is 29.8 Å². The molecule has 1 heterocycles. The van der Waals surface area contributed by atoms with Gasteiger partial charge in [0.25, 0.3) is 0 Å². The normalized spacial score (nSPS) is 12.7. The summed E-state index contributed by atoms with van der Waals surface area (Å²) >= 11 is 5.92. The second-order valence-corrected chi connectivity index (χ2v) is 3.66. The molecule has 0 aliphatic rings. The molecule has 2 aromatic rings. The number of hydrogen-bond donors (Lipinski definition) is 0. The molecule has 78 valence electrons. The number of alkyl halides is 1. The second-order valence-electron chi connectivity index (χ2n) is 3.35. The first-order valence-electron chi connectivity index (χ1n) is 4.75. The van der Waals surface area contributed by atoms with E-state index in [0.717, 1.165) is 5.56 Å². The van der Waals surface area contributed by atoms with Crippen molar-refractivity contribution in [1.29, 1.82) is 0 Å². The molecule has 0 saturated carbocycles. The first-order valence-corrected chi connectivity index (χ1v) is 5.28. The Kier molecular flexibility index (Phi) is 3.07. The molecule has 0 bridgehead atoms. The summed E-state index contributed by atoms with van der Waals surface area (Å²) in [6.45, 7) is 0. The van der Waals surface area contributed by atoms with Crippen LogP contribution in [-0.2, 0) is 0 Å². The van der Waals surface area contributed by atoms with Crippen LogP contribution in [0.5, 0.6) is 0 Å². The van der Waals surface area contributed by atoms with Gasteiger partial charge < -0.3 is 4.57 Å². The van der Waals surface area contributed by atoms with Crippen LogP contribution in [-0.4, -0.2) is 10.4 Å². The van der Waals surface area contributed by atoms with Crippen molar-refractivity contribution in [3.05, 3.63) is 60.2 Å². The molecular weight excluding hydrogens is 213 g/mol. The fourth-order valence-corrected chi connectivity index (χ4v) is 1.92. The van der Waals surface area contributed by atoms with Crippen LogP contribution in [0.15, 0.2) is 48.8 Å². The predicted octanol–water partition coefficient (Wildman–Crippen LogP) is 3.46. The van der Waals surface area contributed by atoms with E-state index in [1.165, 1.54) is 12.1 Å². The Labute approximate surface area is 93.1 Å². The maximum atomic E-state index is 12.8. The molecular formula is C12H11ClFN. The zero-order valence-corrected chi connectivity index (χ0v) is 8.86. The summed E-state index contributed by atoms with van der Waals surface area (Å²) in [5, 5.41) is 0. The van der Waals surface area contributed by atoms with Gasteiger partial charge in [-0.1, -0.05) is 12.1 Å². The summed E-state index contributed by atoms with van der Waals surface area (Å²) in [6.07, 6.45) is 3.91. The van der Waals surface area contributed by atoms with Crippen molar-refractivity contribution in [2.45, 2.75) is 6.04 Å². The van der Waals surface area contributed by atoms with E-state index in [1.807, 2.05) is 29.1 Å². The highest BCUT2D eigenvalue weighted by molar-refractivity contribution is 6.18. The molecule has 0 fully saturated rings.